The van der Waals surface area contributed by atoms with Gasteiger partial charge in [0.15, 0.2) is 11.5 Å². The Hall–Kier alpha value is -1.91. The summed E-state index contributed by atoms with van der Waals surface area (Å²) in [5, 5.41) is 0.600. The average Bonchev–Trinajstić information content (AvgIpc) is 2.73. The molecule has 5 heteroatoms. The van der Waals surface area contributed by atoms with Gasteiger partial charge in [0.25, 0.3) is 0 Å². The molecule has 2 aromatic carbocycles. The molecule has 2 aromatic rings. The van der Waals surface area contributed by atoms with Gasteiger partial charge in [0, 0.05) is 25.2 Å². The molecule has 0 saturated heterocycles. The van der Waals surface area contributed by atoms with Crippen LogP contribution in [-0.4, -0.2) is 31.8 Å². The van der Waals surface area contributed by atoms with Crippen molar-refractivity contribution in [1.29, 1.82) is 0 Å². The lowest BCUT2D eigenvalue weighted by Gasteiger charge is -2.23. The predicted octanol–water partition coefficient (Wildman–Crippen LogP) is 4.14. The molecule has 0 fully saturated rings. The number of rotatable bonds is 4. The first-order valence-corrected chi connectivity index (χ1v) is 8.36. The fraction of sp³-hybridized carbons (Fsp3) is 0.368. The Bertz CT molecular complexity index is 720. The molecule has 0 aromatic heterocycles. The summed E-state index contributed by atoms with van der Waals surface area (Å²) in [5.41, 5.74) is 2.21. The molecule has 1 atom stereocenters. The number of benzene rings is 2. The van der Waals surface area contributed by atoms with Crippen LogP contribution in [-0.2, 0) is 13.1 Å². The third-order valence-electron chi connectivity index (χ3n) is 4.17. The number of para-hydroxylation sites is 1. The van der Waals surface area contributed by atoms with Crippen molar-refractivity contribution in [3.8, 4) is 17.2 Å². The Morgan fingerprint density at radius 1 is 1.17 bits per heavy atom. The Morgan fingerprint density at radius 2 is 1.96 bits per heavy atom. The van der Waals surface area contributed by atoms with Gasteiger partial charge in [-0.05, 0) is 24.6 Å². The molecule has 0 amide bonds. The van der Waals surface area contributed by atoms with E-state index >= 15 is 0 Å². The molecule has 1 aliphatic heterocycles. The van der Waals surface area contributed by atoms with Crippen LogP contribution in [0.25, 0.3) is 0 Å². The smallest absolute Gasteiger partial charge is 0.179 e. The van der Waals surface area contributed by atoms with Crippen LogP contribution < -0.4 is 14.2 Å². The summed E-state index contributed by atoms with van der Waals surface area (Å²) in [6.07, 6.45) is 0.118. The molecule has 0 radical (unpaired) electrons. The van der Waals surface area contributed by atoms with Crippen molar-refractivity contribution in [3.05, 3.63) is 52.5 Å². The van der Waals surface area contributed by atoms with Crippen molar-refractivity contribution >= 4 is 11.6 Å². The van der Waals surface area contributed by atoms with E-state index in [2.05, 4.69) is 17.9 Å². The maximum absolute atomic E-state index is 6.53. The van der Waals surface area contributed by atoms with Crippen LogP contribution in [0.15, 0.2) is 36.4 Å². The van der Waals surface area contributed by atoms with Crippen LogP contribution in [0, 0.1) is 0 Å². The van der Waals surface area contributed by atoms with Crippen molar-refractivity contribution < 1.29 is 14.2 Å². The summed E-state index contributed by atoms with van der Waals surface area (Å²) >= 11 is 6.53. The Kier molecular flexibility index (Phi) is 5.17. The number of halogens is 1. The van der Waals surface area contributed by atoms with Gasteiger partial charge >= 0.3 is 0 Å². The van der Waals surface area contributed by atoms with E-state index in [1.54, 1.807) is 14.2 Å². The molecule has 1 aliphatic rings. The zero-order valence-corrected chi connectivity index (χ0v) is 15.0. The maximum Gasteiger partial charge on any atom is 0.179 e. The summed E-state index contributed by atoms with van der Waals surface area (Å²) in [4.78, 5) is 2.34. The quantitative estimate of drug-likeness (QED) is 0.831. The Labute approximate surface area is 147 Å². The van der Waals surface area contributed by atoms with Crippen molar-refractivity contribution in [1.82, 2.24) is 4.90 Å². The molecule has 1 heterocycles. The van der Waals surface area contributed by atoms with E-state index in [0.717, 1.165) is 30.9 Å². The molecule has 0 bridgehead atoms. The van der Waals surface area contributed by atoms with Gasteiger partial charge in [-0.15, -0.1) is 0 Å². The molecule has 4 nitrogen and oxygen atoms in total. The summed E-state index contributed by atoms with van der Waals surface area (Å²) in [7, 11) is 3.21. The number of methoxy groups -OCH3 is 2. The van der Waals surface area contributed by atoms with E-state index in [0.29, 0.717) is 16.5 Å². The molecule has 0 spiro atoms. The lowest BCUT2D eigenvalue weighted by molar-refractivity contribution is 0.156. The van der Waals surface area contributed by atoms with Gasteiger partial charge in [-0.3, -0.25) is 4.90 Å². The first-order valence-electron chi connectivity index (χ1n) is 7.98. The lowest BCUT2D eigenvalue weighted by atomic mass is 10.1. The van der Waals surface area contributed by atoms with Gasteiger partial charge in [-0.2, -0.15) is 0 Å². The second-order valence-corrected chi connectivity index (χ2v) is 6.36. The molecular weight excluding hydrogens is 326 g/mol. The van der Waals surface area contributed by atoms with Crippen LogP contribution in [0.1, 0.15) is 18.1 Å². The zero-order valence-electron chi connectivity index (χ0n) is 14.2. The highest BCUT2D eigenvalue weighted by Gasteiger charge is 2.22. The number of hydrogen-bond acceptors (Lipinski definition) is 4. The van der Waals surface area contributed by atoms with Crippen molar-refractivity contribution in [2.75, 3.05) is 20.8 Å². The number of ether oxygens (including phenoxy) is 3. The molecule has 0 N–H and O–H groups in total. The van der Waals surface area contributed by atoms with E-state index in [-0.39, 0.29) is 6.10 Å². The van der Waals surface area contributed by atoms with Gasteiger partial charge < -0.3 is 14.2 Å². The largest absolute Gasteiger partial charge is 0.493 e. The summed E-state index contributed by atoms with van der Waals surface area (Å²) in [6, 6.07) is 12.1. The minimum Gasteiger partial charge on any atom is -0.493 e. The van der Waals surface area contributed by atoms with Gasteiger partial charge in [-0.25, -0.2) is 0 Å². The van der Waals surface area contributed by atoms with Crippen LogP contribution in [0.3, 0.4) is 0 Å². The van der Waals surface area contributed by atoms with Gasteiger partial charge in [-0.1, -0.05) is 35.9 Å². The van der Waals surface area contributed by atoms with Gasteiger partial charge in [0.2, 0.25) is 0 Å². The van der Waals surface area contributed by atoms with Crippen LogP contribution >= 0.6 is 11.6 Å². The Morgan fingerprint density at radius 3 is 2.71 bits per heavy atom. The SMILES string of the molecule is COc1ccc(CN2Cc3ccccc3OC(C)C2)c(Cl)c1OC. The van der Waals surface area contributed by atoms with E-state index in [4.69, 9.17) is 25.8 Å². The van der Waals surface area contributed by atoms with Crippen LogP contribution in [0.2, 0.25) is 5.02 Å². The predicted molar refractivity (Wildman–Crippen MR) is 95.2 cm³/mol. The molecule has 0 aliphatic carbocycles. The molecule has 1 unspecified atom stereocenters. The van der Waals surface area contributed by atoms with E-state index < -0.39 is 0 Å². The van der Waals surface area contributed by atoms with Crippen LogP contribution in [0.4, 0.5) is 0 Å². The molecule has 24 heavy (non-hydrogen) atoms. The summed E-state index contributed by atoms with van der Waals surface area (Å²) < 4.78 is 16.7. The summed E-state index contributed by atoms with van der Waals surface area (Å²) in [5.74, 6) is 2.19. The maximum atomic E-state index is 6.53. The molecule has 128 valence electrons. The van der Waals surface area contributed by atoms with Crippen molar-refractivity contribution in [2.24, 2.45) is 0 Å². The van der Waals surface area contributed by atoms with E-state index in [1.165, 1.54) is 5.56 Å². The van der Waals surface area contributed by atoms with E-state index in [1.807, 2.05) is 30.3 Å². The second-order valence-electron chi connectivity index (χ2n) is 5.98. The third kappa shape index (κ3) is 3.45. The molecular formula is C19H22ClNO3. The second kappa shape index (κ2) is 7.32. The first-order chi connectivity index (χ1) is 11.6. The first kappa shape index (κ1) is 16.9. The fourth-order valence-corrected chi connectivity index (χ4v) is 3.38. The lowest BCUT2D eigenvalue weighted by Crippen LogP contribution is -2.30. The minimum absolute atomic E-state index is 0.118. The monoisotopic (exact) mass is 347 g/mol. The number of nitrogens with zero attached hydrogens (tertiary/aromatic N) is 1. The molecule has 0 saturated carbocycles. The van der Waals surface area contributed by atoms with E-state index in [9.17, 15) is 0 Å². The normalized spacial score (nSPS) is 17.6. The standard InChI is InChI=1S/C19H22ClNO3/c1-13-10-21(11-14-6-4-5-7-16(14)24-13)12-15-8-9-17(22-2)19(23-3)18(15)20/h4-9,13H,10-12H2,1-3H3. The average molecular weight is 348 g/mol. The molecule has 3 rings (SSSR count). The van der Waals surface area contributed by atoms with Crippen molar-refractivity contribution in [3.63, 3.8) is 0 Å². The van der Waals surface area contributed by atoms with Crippen LogP contribution in [0.5, 0.6) is 17.2 Å². The number of fused-ring (bicyclic) bond motifs is 1. The highest BCUT2D eigenvalue weighted by atomic mass is 35.5. The summed E-state index contributed by atoms with van der Waals surface area (Å²) in [6.45, 7) is 4.47. The zero-order chi connectivity index (χ0) is 17.1. The highest BCUT2D eigenvalue weighted by molar-refractivity contribution is 6.33. The van der Waals surface area contributed by atoms with Crippen molar-refractivity contribution in [2.45, 2.75) is 26.1 Å². The Balaban J connectivity index is 1.86. The number of hydrogen-bond donors (Lipinski definition) is 0. The topological polar surface area (TPSA) is 30.9 Å². The van der Waals surface area contributed by atoms with Gasteiger partial charge in [0.1, 0.15) is 11.9 Å². The fourth-order valence-electron chi connectivity index (χ4n) is 3.09. The highest BCUT2D eigenvalue weighted by Crippen LogP contribution is 2.38. The van der Waals surface area contributed by atoms with Gasteiger partial charge in [0.05, 0.1) is 19.2 Å². The third-order valence-corrected chi connectivity index (χ3v) is 4.58. The minimum atomic E-state index is 0.118.